The van der Waals surface area contributed by atoms with E-state index in [0.717, 1.165) is 15.7 Å². The van der Waals surface area contributed by atoms with Crippen LogP contribution in [-0.4, -0.2) is 21.8 Å². The van der Waals surface area contributed by atoms with Crippen LogP contribution in [0.5, 0.6) is 0 Å². The van der Waals surface area contributed by atoms with Gasteiger partial charge in [-0.05, 0) is 11.1 Å². The zero-order chi connectivity index (χ0) is 12.6. The van der Waals surface area contributed by atoms with E-state index in [1.54, 1.807) is 11.9 Å². The molecule has 1 atom stereocenters. The molecule has 18 heavy (non-hydrogen) atoms. The van der Waals surface area contributed by atoms with E-state index in [0.29, 0.717) is 11.4 Å². The topological polar surface area (TPSA) is 20.3 Å². The average Bonchev–Trinajstić information content (AvgIpc) is 2.28. The maximum atomic E-state index is 11.9. The van der Waals surface area contributed by atoms with E-state index >= 15 is 0 Å². The SMILES string of the molecule is CN1C(=O)C(I)C[C-]=C1c1ccc(Br)cc1Cl.[Y]. The molecule has 93 valence electrons. The predicted molar refractivity (Wildman–Crippen MR) is 81.0 cm³/mol. The van der Waals surface area contributed by atoms with Gasteiger partial charge in [0.15, 0.2) is 0 Å². The smallest absolute Gasteiger partial charge is 0.235 e. The van der Waals surface area contributed by atoms with Gasteiger partial charge in [0, 0.05) is 44.2 Å². The molecule has 0 fully saturated rings. The number of alkyl halides is 1. The van der Waals surface area contributed by atoms with Crippen LogP contribution < -0.4 is 0 Å². The first-order valence-corrected chi connectivity index (χ1v) is 7.40. The van der Waals surface area contributed by atoms with E-state index in [4.69, 9.17) is 11.6 Å². The summed E-state index contributed by atoms with van der Waals surface area (Å²) in [5.74, 6) is 0.0957. The summed E-state index contributed by atoms with van der Waals surface area (Å²) in [6.07, 6.45) is 3.87. The number of allylic oxidation sites excluding steroid dienone is 1. The van der Waals surface area contributed by atoms with Crippen LogP contribution in [0.1, 0.15) is 12.0 Å². The van der Waals surface area contributed by atoms with E-state index < -0.39 is 0 Å². The minimum Gasteiger partial charge on any atom is -0.350 e. The third-order valence-electron chi connectivity index (χ3n) is 2.57. The quantitative estimate of drug-likeness (QED) is 0.316. The van der Waals surface area contributed by atoms with Crippen molar-refractivity contribution in [2.45, 2.75) is 10.3 Å². The van der Waals surface area contributed by atoms with Crippen LogP contribution in [0, 0.1) is 6.08 Å². The van der Waals surface area contributed by atoms with Crippen LogP contribution in [0.25, 0.3) is 5.70 Å². The summed E-state index contributed by atoms with van der Waals surface area (Å²) in [6.45, 7) is 0. The predicted octanol–water partition coefficient (Wildman–Crippen LogP) is 3.91. The van der Waals surface area contributed by atoms with Crippen molar-refractivity contribution in [2.75, 3.05) is 7.05 Å². The molecule has 0 bridgehead atoms. The number of halogens is 3. The van der Waals surface area contributed by atoms with Gasteiger partial charge in [-0.1, -0.05) is 51.0 Å². The minimum absolute atomic E-state index is 0. The third kappa shape index (κ3) is 3.57. The molecule has 6 heteroatoms. The first kappa shape index (κ1) is 17.1. The van der Waals surface area contributed by atoms with Crippen molar-refractivity contribution in [1.29, 1.82) is 0 Å². The van der Waals surface area contributed by atoms with Gasteiger partial charge in [0.1, 0.15) is 0 Å². The Morgan fingerprint density at radius 1 is 1.56 bits per heavy atom. The Kier molecular flexibility index (Phi) is 6.80. The van der Waals surface area contributed by atoms with Crippen molar-refractivity contribution in [2.24, 2.45) is 0 Å². The maximum Gasteiger partial charge on any atom is 0.235 e. The first-order valence-electron chi connectivity index (χ1n) is 4.98. The summed E-state index contributed by atoms with van der Waals surface area (Å²) in [7, 11) is 1.76. The van der Waals surface area contributed by atoms with Gasteiger partial charge in [-0.3, -0.25) is 4.79 Å². The molecule has 0 N–H and O–H groups in total. The molecule has 0 saturated carbocycles. The van der Waals surface area contributed by atoms with Crippen molar-refractivity contribution < 1.29 is 37.5 Å². The van der Waals surface area contributed by atoms with Crippen molar-refractivity contribution in [3.05, 3.63) is 39.3 Å². The van der Waals surface area contributed by atoms with Gasteiger partial charge >= 0.3 is 0 Å². The molecule has 1 aliphatic heterocycles. The molecule has 1 unspecified atom stereocenters. The first-order chi connectivity index (χ1) is 8.00. The van der Waals surface area contributed by atoms with Gasteiger partial charge in [0.25, 0.3) is 0 Å². The van der Waals surface area contributed by atoms with Crippen molar-refractivity contribution in [3.63, 3.8) is 0 Å². The molecular weight excluding hydrogens is 505 g/mol. The molecular formula is C12H9BrClINOY-. The van der Waals surface area contributed by atoms with Gasteiger partial charge in [0.2, 0.25) is 5.91 Å². The summed E-state index contributed by atoms with van der Waals surface area (Å²) in [6, 6.07) is 5.62. The molecule has 1 amide bonds. The Bertz CT molecular complexity index is 509. The van der Waals surface area contributed by atoms with E-state index in [2.05, 4.69) is 44.6 Å². The second kappa shape index (κ2) is 7.16. The molecule has 2 nitrogen and oxygen atoms in total. The summed E-state index contributed by atoms with van der Waals surface area (Å²) in [5, 5.41) is 0.619. The normalized spacial score (nSPS) is 19.3. The van der Waals surface area contributed by atoms with Crippen LogP contribution in [0.3, 0.4) is 0 Å². The van der Waals surface area contributed by atoms with E-state index in [1.165, 1.54) is 0 Å². The minimum atomic E-state index is -0.0319. The van der Waals surface area contributed by atoms with Crippen LogP contribution in [-0.2, 0) is 37.5 Å². The maximum absolute atomic E-state index is 11.9. The van der Waals surface area contributed by atoms with Crippen molar-refractivity contribution in [3.8, 4) is 0 Å². The fraction of sp³-hybridized carbons (Fsp3) is 0.250. The van der Waals surface area contributed by atoms with Crippen LogP contribution in [0.2, 0.25) is 5.02 Å². The molecule has 0 saturated heterocycles. The van der Waals surface area contributed by atoms with Crippen molar-refractivity contribution in [1.82, 2.24) is 4.90 Å². The van der Waals surface area contributed by atoms with Gasteiger partial charge in [-0.25, -0.2) is 6.08 Å². The molecule has 1 heterocycles. The van der Waals surface area contributed by atoms with Gasteiger partial charge in [-0.2, -0.15) is 0 Å². The summed E-state index contributed by atoms with van der Waals surface area (Å²) in [5.41, 5.74) is 1.61. The van der Waals surface area contributed by atoms with Crippen molar-refractivity contribution >= 4 is 61.7 Å². The Hall–Kier alpha value is 1.03. The number of hydrogen-bond donors (Lipinski definition) is 0. The number of rotatable bonds is 1. The fourth-order valence-electron chi connectivity index (χ4n) is 1.67. The van der Waals surface area contributed by atoms with Gasteiger partial charge < -0.3 is 4.90 Å². The third-order valence-corrected chi connectivity index (χ3v) is 4.35. The zero-order valence-electron chi connectivity index (χ0n) is 9.58. The molecule has 1 aromatic rings. The largest absolute Gasteiger partial charge is 0.350 e. The molecule has 2 rings (SSSR count). The van der Waals surface area contributed by atoms with Crippen LogP contribution in [0.15, 0.2) is 22.7 Å². The molecule has 0 spiro atoms. The van der Waals surface area contributed by atoms with Gasteiger partial charge in [-0.15, -0.1) is 28.9 Å². The Morgan fingerprint density at radius 3 is 2.83 bits per heavy atom. The summed E-state index contributed by atoms with van der Waals surface area (Å²) in [4.78, 5) is 13.5. The van der Waals surface area contributed by atoms with Gasteiger partial charge in [0.05, 0.1) is 3.92 Å². The molecule has 1 aliphatic rings. The monoisotopic (exact) mass is 513 g/mol. The number of carbonyl (C=O) groups excluding carboxylic acids is 1. The van der Waals surface area contributed by atoms with E-state index in [9.17, 15) is 4.79 Å². The standard InChI is InChI=1S/C12H9BrClINO.Y/c1-16-11(5-4-10(15)12(16)17)8-3-2-7(13)6-9(8)14;/h2-3,6,10H,4H2,1H3;/q-1;. The fourth-order valence-corrected chi connectivity index (χ4v) is 3.07. The average molecular weight is 514 g/mol. The number of nitrogens with zero attached hydrogens (tertiary/aromatic N) is 1. The number of benzene rings is 1. The van der Waals surface area contributed by atoms with Crippen LogP contribution in [0.4, 0.5) is 0 Å². The number of amides is 1. The molecule has 0 aromatic heterocycles. The van der Waals surface area contributed by atoms with E-state index in [1.807, 2.05) is 18.2 Å². The zero-order valence-corrected chi connectivity index (χ0v) is 16.9. The number of hydrogen-bond acceptors (Lipinski definition) is 1. The molecule has 1 radical (unpaired) electrons. The Labute approximate surface area is 159 Å². The summed E-state index contributed by atoms with van der Waals surface area (Å²) >= 11 is 11.7. The Morgan fingerprint density at radius 2 is 2.22 bits per heavy atom. The molecule has 1 aromatic carbocycles. The Balaban J connectivity index is 0.00000162. The number of carbonyl (C=O) groups is 1. The van der Waals surface area contributed by atoms with E-state index in [-0.39, 0.29) is 42.5 Å². The second-order valence-electron chi connectivity index (χ2n) is 3.72. The summed E-state index contributed by atoms with van der Waals surface area (Å²) < 4.78 is 0.888. The van der Waals surface area contributed by atoms with Crippen LogP contribution >= 0.6 is 50.1 Å². The second-order valence-corrected chi connectivity index (χ2v) is 6.54. The molecule has 0 aliphatic carbocycles.